The third-order valence-electron chi connectivity index (χ3n) is 4.01. The van der Waals surface area contributed by atoms with Crippen molar-refractivity contribution in [1.29, 1.82) is 0 Å². The van der Waals surface area contributed by atoms with Gasteiger partial charge in [0.1, 0.15) is 5.82 Å². The minimum atomic E-state index is -0.235. The van der Waals surface area contributed by atoms with Crippen molar-refractivity contribution in [3.05, 3.63) is 52.1 Å². The van der Waals surface area contributed by atoms with Crippen LogP contribution in [0.4, 0.5) is 4.39 Å². The number of aromatic amines is 1. The lowest BCUT2D eigenvalue weighted by Crippen LogP contribution is -2.29. The first-order chi connectivity index (χ1) is 10.6. The Kier molecular flexibility index (Phi) is 5.74. The zero-order chi connectivity index (χ0) is 15.5. The van der Waals surface area contributed by atoms with E-state index in [1.54, 1.807) is 6.07 Å². The van der Waals surface area contributed by atoms with Crippen molar-refractivity contribution >= 4 is 18.3 Å². The Hall–Kier alpha value is -1.92. The lowest BCUT2D eigenvalue weighted by atomic mass is 10.1. The summed E-state index contributed by atoms with van der Waals surface area (Å²) in [4.78, 5) is 12.2. The van der Waals surface area contributed by atoms with Gasteiger partial charge in [-0.3, -0.25) is 9.89 Å². The molecule has 3 N–H and O–H groups in total. The number of H-pyrrole nitrogens is 1. The smallest absolute Gasteiger partial charge is 0.272 e. The van der Waals surface area contributed by atoms with Gasteiger partial charge >= 0.3 is 0 Å². The van der Waals surface area contributed by atoms with E-state index in [1.807, 2.05) is 6.92 Å². The third-order valence-corrected chi connectivity index (χ3v) is 4.01. The van der Waals surface area contributed by atoms with Crippen LogP contribution in [0.5, 0.6) is 0 Å². The summed E-state index contributed by atoms with van der Waals surface area (Å²) in [6.07, 6.45) is 1.53. The van der Waals surface area contributed by atoms with Crippen molar-refractivity contribution in [3.8, 4) is 0 Å². The third kappa shape index (κ3) is 3.89. The van der Waals surface area contributed by atoms with E-state index < -0.39 is 0 Å². The molecule has 0 fully saturated rings. The summed E-state index contributed by atoms with van der Waals surface area (Å²) in [5.41, 5.74) is 4.40. The van der Waals surface area contributed by atoms with Gasteiger partial charge in [-0.05, 0) is 36.6 Å². The number of aryl methyl sites for hydroxylation is 1. The van der Waals surface area contributed by atoms with Crippen molar-refractivity contribution in [3.63, 3.8) is 0 Å². The highest BCUT2D eigenvalue weighted by atomic mass is 35.5. The van der Waals surface area contributed by atoms with Gasteiger partial charge in [0.15, 0.2) is 5.69 Å². The topological polar surface area (TPSA) is 69.8 Å². The first-order valence-electron chi connectivity index (χ1n) is 7.45. The van der Waals surface area contributed by atoms with E-state index in [9.17, 15) is 9.18 Å². The Morgan fingerprint density at radius 3 is 3.04 bits per heavy atom. The number of halogens is 2. The highest BCUT2D eigenvalue weighted by Crippen LogP contribution is 2.15. The summed E-state index contributed by atoms with van der Waals surface area (Å²) < 4.78 is 13.1. The maximum Gasteiger partial charge on any atom is 0.272 e. The van der Waals surface area contributed by atoms with E-state index in [0.717, 1.165) is 35.3 Å². The molecule has 0 atom stereocenters. The average Bonchev–Trinajstić information content (AvgIpc) is 2.93. The highest BCUT2D eigenvalue weighted by Gasteiger charge is 2.21. The molecule has 0 saturated carbocycles. The van der Waals surface area contributed by atoms with Crippen LogP contribution < -0.4 is 10.6 Å². The van der Waals surface area contributed by atoms with E-state index in [0.29, 0.717) is 25.2 Å². The van der Waals surface area contributed by atoms with Gasteiger partial charge in [0.25, 0.3) is 5.91 Å². The number of benzene rings is 1. The minimum absolute atomic E-state index is 0. The molecule has 1 aromatic carbocycles. The minimum Gasteiger partial charge on any atom is -0.350 e. The normalized spacial score (nSPS) is 13.1. The van der Waals surface area contributed by atoms with Gasteiger partial charge in [-0.15, -0.1) is 12.4 Å². The Morgan fingerprint density at radius 1 is 1.43 bits per heavy atom. The predicted octanol–water partition coefficient (Wildman–Crippen LogP) is 1.90. The molecule has 2 heterocycles. The fourth-order valence-electron chi connectivity index (χ4n) is 2.75. The molecule has 124 valence electrons. The fraction of sp³-hybridized carbons (Fsp3) is 0.375. The number of amides is 1. The van der Waals surface area contributed by atoms with E-state index in [-0.39, 0.29) is 24.1 Å². The molecule has 1 aliphatic heterocycles. The Morgan fingerprint density at radius 2 is 2.26 bits per heavy atom. The summed E-state index contributed by atoms with van der Waals surface area (Å²) in [6, 6.07) is 4.71. The molecule has 0 aliphatic carbocycles. The van der Waals surface area contributed by atoms with Gasteiger partial charge in [0, 0.05) is 37.3 Å². The van der Waals surface area contributed by atoms with E-state index in [4.69, 9.17) is 0 Å². The van der Waals surface area contributed by atoms with Crippen molar-refractivity contribution in [2.45, 2.75) is 26.3 Å². The summed E-state index contributed by atoms with van der Waals surface area (Å²) in [7, 11) is 0. The molecule has 0 spiro atoms. The highest BCUT2D eigenvalue weighted by molar-refractivity contribution is 5.94. The van der Waals surface area contributed by atoms with Crippen LogP contribution in [0.15, 0.2) is 18.2 Å². The molecule has 1 aromatic heterocycles. The zero-order valence-corrected chi connectivity index (χ0v) is 13.7. The quantitative estimate of drug-likeness (QED) is 0.797. The van der Waals surface area contributed by atoms with Gasteiger partial charge in [-0.25, -0.2) is 4.39 Å². The molecular formula is C16H20ClFN4O. The first kappa shape index (κ1) is 17.4. The monoisotopic (exact) mass is 338 g/mol. The summed E-state index contributed by atoms with van der Waals surface area (Å²) in [6.45, 7) is 3.95. The maximum absolute atomic E-state index is 13.1. The molecular weight excluding hydrogens is 319 g/mol. The van der Waals surface area contributed by atoms with Gasteiger partial charge in [0.05, 0.1) is 0 Å². The zero-order valence-electron chi connectivity index (χ0n) is 12.9. The van der Waals surface area contributed by atoms with E-state index in [2.05, 4.69) is 20.8 Å². The SMILES string of the molecule is Cc1cc(F)ccc1CCNC(=O)c1n[nH]c2c1CNCC2.Cl. The number of rotatable bonds is 4. The molecule has 7 heteroatoms. The number of hydrogen-bond donors (Lipinski definition) is 3. The second kappa shape index (κ2) is 7.57. The summed E-state index contributed by atoms with van der Waals surface area (Å²) in [5, 5.41) is 13.2. The number of hydrogen-bond acceptors (Lipinski definition) is 3. The molecule has 5 nitrogen and oxygen atoms in total. The van der Waals surface area contributed by atoms with Gasteiger partial charge < -0.3 is 10.6 Å². The van der Waals surface area contributed by atoms with Gasteiger partial charge in [-0.2, -0.15) is 5.10 Å². The van der Waals surface area contributed by atoms with E-state index in [1.165, 1.54) is 12.1 Å². The van der Waals surface area contributed by atoms with Crippen molar-refractivity contribution in [2.24, 2.45) is 0 Å². The average molecular weight is 339 g/mol. The number of nitrogens with one attached hydrogen (secondary N) is 3. The molecule has 23 heavy (non-hydrogen) atoms. The molecule has 1 amide bonds. The summed E-state index contributed by atoms with van der Waals surface area (Å²) in [5.74, 6) is -0.401. The Bertz CT molecular complexity index is 701. The van der Waals surface area contributed by atoms with Crippen molar-refractivity contribution in [1.82, 2.24) is 20.8 Å². The maximum atomic E-state index is 13.1. The van der Waals surface area contributed by atoms with Crippen LogP contribution in [-0.4, -0.2) is 29.2 Å². The second-order valence-corrected chi connectivity index (χ2v) is 5.53. The van der Waals surface area contributed by atoms with Crippen LogP contribution in [0.2, 0.25) is 0 Å². The molecule has 0 saturated heterocycles. The predicted molar refractivity (Wildman–Crippen MR) is 88.4 cm³/mol. The number of nitrogens with zero attached hydrogens (tertiary/aromatic N) is 1. The molecule has 1 aliphatic rings. The Balaban J connectivity index is 0.00000192. The van der Waals surface area contributed by atoms with Crippen LogP contribution in [-0.2, 0) is 19.4 Å². The number of fused-ring (bicyclic) bond motifs is 1. The first-order valence-corrected chi connectivity index (χ1v) is 7.45. The fourth-order valence-corrected chi connectivity index (χ4v) is 2.75. The van der Waals surface area contributed by atoms with E-state index >= 15 is 0 Å². The molecule has 3 rings (SSSR count). The molecule has 0 unspecified atom stereocenters. The number of carbonyl (C=O) groups is 1. The number of carbonyl (C=O) groups excluding carboxylic acids is 1. The number of aromatic nitrogens is 2. The lowest BCUT2D eigenvalue weighted by molar-refractivity contribution is 0.0948. The van der Waals surface area contributed by atoms with Crippen LogP contribution in [0.3, 0.4) is 0 Å². The van der Waals surface area contributed by atoms with Crippen molar-refractivity contribution < 1.29 is 9.18 Å². The Labute approximate surface area is 140 Å². The van der Waals surface area contributed by atoms with Crippen LogP contribution in [0.1, 0.15) is 32.9 Å². The van der Waals surface area contributed by atoms with Crippen LogP contribution >= 0.6 is 12.4 Å². The summed E-state index contributed by atoms with van der Waals surface area (Å²) >= 11 is 0. The standard InChI is InChI=1S/C16H19FN4O.ClH/c1-10-8-12(17)3-2-11(10)4-7-19-16(22)15-13-9-18-6-5-14(13)20-21-15;/h2-3,8,18H,4-7,9H2,1H3,(H,19,22)(H,20,21);1H. The lowest BCUT2D eigenvalue weighted by Gasteiger charge is -2.13. The molecule has 0 bridgehead atoms. The van der Waals surface area contributed by atoms with Crippen LogP contribution in [0, 0.1) is 12.7 Å². The second-order valence-electron chi connectivity index (χ2n) is 5.53. The van der Waals surface area contributed by atoms with Crippen molar-refractivity contribution in [2.75, 3.05) is 13.1 Å². The van der Waals surface area contributed by atoms with Gasteiger partial charge in [0.2, 0.25) is 0 Å². The van der Waals surface area contributed by atoms with Crippen LogP contribution in [0.25, 0.3) is 0 Å². The molecule has 0 radical (unpaired) electrons. The molecule has 2 aromatic rings. The largest absolute Gasteiger partial charge is 0.350 e. The van der Waals surface area contributed by atoms with Gasteiger partial charge in [-0.1, -0.05) is 6.07 Å².